The van der Waals surface area contributed by atoms with E-state index < -0.39 is 77.7 Å². The van der Waals surface area contributed by atoms with Crippen LogP contribution in [-0.4, -0.2) is 91.0 Å². The van der Waals surface area contributed by atoms with E-state index in [0.717, 1.165) is 13.0 Å². The summed E-state index contributed by atoms with van der Waals surface area (Å²) < 4.78 is 50.5. The standard InChI is InChI=1S/C37H57I4NO10/c1-12-28-37(9,52-41)33(51-40)23(5)29(43)21(3)18-36(8,45-11)32(24(6)30(49-38)25(7)34(44)47-28)48-35-31(50-39)27(17-22(4)46-35)42(10)19-26-15-13-20(2)14-16-26/h13-16,21-25,27-28,30-33,35H,12,17-19H2,1-11H3/t21-,22-,23+,24+,25-,27+,28?,30-,31-,32-,33-,35?,36+,37-/m1/s1. The van der Waals surface area contributed by atoms with Gasteiger partial charge in [0.2, 0.25) is 0 Å². The Hall–Kier alpha value is 0.960. The number of likely N-dealkylation sites (N-methyl/N-ethyl adjacent to an activating group) is 1. The molecule has 2 saturated heterocycles. The Bertz CT molecular complexity index is 1300. The van der Waals surface area contributed by atoms with Gasteiger partial charge in [0.25, 0.3) is 0 Å². The maximum atomic E-state index is 14.3. The fourth-order valence-corrected chi connectivity index (χ4v) is 11.0. The van der Waals surface area contributed by atoms with Crippen molar-refractivity contribution in [3.63, 3.8) is 0 Å². The molecule has 1 aromatic rings. The number of carbonyl (C=O) groups excluding carboxylic acids is 2. The van der Waals surface area contributed by atoms with E-state index in [1.807, 2.05) is 140 Å². The fourth-order valence-electron chi connectivity index (χ4n) is 8.06. The second-order valence-electron chi connectivity index (χ2n) is 15.2. The van der Waals surface area contributed by atoms with Crippen LogP contribution in [0, 0.1) is 30.6 Å². The van der Waals surface area contributed by atoms with Gasteiger partial charge in [0, 0.05) is 37.5 Å². The molecule has 2 fully saturated rings. The molecule has 0 radical (unpaired) electrons. The molecule has 15 heteroatoms. The van der Waals surface area contributed by atoms with Gasteiger partial charge >= 0.3 is 5.97 Å². The molecule has 0 amide bonds. The third kappa shape index (κ3) is 10.9. The van der Waals surface area contributed by atoms with Gasteiger partial charge in [-0.2, -0.15) is 0 Å². The normalized spacial score (nSPS) is 40.0. The molecule has 0 spiro atoms. The van der Waals surface area contributed by atoms with Gasteiger partial charge in [-0.15, -0.1) is 0 Å². The Morgan fingerprint density at radius 3 is 2.04 bits per heavy atom. The molecule has 0 aliphatic carbocycles. The molecule has 52 heavy (non-hydrogen) atoms. The molecule has 3 rings (SSSR count). The molecule has 0 N–H and O–H groups in total. The van der Waals surface area contributed by atoms with Crippen molar-refractivity contribution in [2.24, 2.45) is 23.7 Å². The van der Waals surface area contributed by atoms with Gasteiger partial charge in [0.15, 0.2) is 6.29 Å². The summed E-state index contributed by atoms with van der Waals surface area (Å²) in [6.07, 6.45) is -2.71. The van der Waals surface area contributed by atoms with E-state index in [0.29, 0.717) is 12.8 Å². The number of methoxy groups -OCH3 is 1. The molecule has 2 aliphatic rings. The predicted octanol–water partition coefficient (Wildman–Crippen LogP) is 8.89. The van der Waals surface area contributed by atoms with Crippen LogP contribution >= 0.6 is 92.0 Å². The Labute approximate surface area is 367 Å². The summed E-state index contributed by atoms with van der Waals surface area (Å²) in [5.74, 6) is -2.71. The predicted molar refractivity (Wildman–Crippen MR) is 232 cm³/mol. The smallest absolute Gasteiger partial charge is 0.311 e. The number of cyclic esters (lactones) is 1. The summed E-state index contributed by atoms with van der Waals surface area (Å²) >= 11 is 7.43. The zero-order valence-corrected chi connectivity index (χ0v) is 40.7. The summed E-state index contributed by atoms with van der Waals surface area (Å²) in [6, 6.07) is 8.50. The van der Waals surface area contributed by atoms with Crippen molar-refractivity contribution in [3.05, 3.63) is 35.4 Å². The first-order chi connectivity index (χ1) is 24.5. The highest BCUT2D eigenvalue weighted by Crippen LogP contribution is 2.42. The highest BCUT2D eigenvalue weighted by atomic mass is 127. The number of Topliss-reactive ketones (excluding diaryl/α,β-unsaturated/α-hetero) is 1. The third-order valence-electron chi connectivity index (χ3n) is 11.3. The van der Waals surface area contributed by atoms with E-state index >= 15 is 0 Å². The van der Waals surface area contributed by atoms with Gasteiger partial charge in [0.05, 0.1) is 29.8 Å². The summed E-state index contributed by atoms with van der Waals surface area (Å²) in [5.41, 5.74) is 0.254. The zero-order valence-electron chi connectivity index (χ0n) is 32.1. The Balaban J connectivity index is 2.10. The van der Waals surface area contributed by atoms with Gasteiger partial charge < -0.3 is 31.2 Å². The van der Waals surface area contributed by atoms with Crippen LogP contribution < -0.4 is 0 Å². The SMILES string of the molecule is CCC1OC(=O)[C@H](C)[C@H](OI)[C@H](C)[C@@H](OC2O[C@H](C)C[C@H](N(C)Cc3ccc(C)cc3)[C@H]2OI)[C@@](C)(OC)C[C@@H](C)C(=O)[C@H](C)[C@@H](OI)[C@]1(C)OI. The van der Waals surface area contributed by atoms with Crippen LogP contribution in [-0.2, 0) is 47.3 Å². The number of rotatable bonds is 11. The van der Waals surface area contributed by atoms with E-state index in [1.165, 1.54) is 11.1 Å². The summed E-state index contributed by atoms with van der Waals surface area (Å²) in [4.78, 5) is 30.6. The van der Waals surface area contributed by atoms with Gasteiger partial charge in [-0.05, 0) is 66.5 Å². The van der Waals surface area contributed by atoms with Crippen molar-refractivity contribution < 1.29 is 40.8 Å². The van der Waals surface area contributed by atoms with Crippen molar-refractivity contribution >= 4 is 104 Å². The number of ketones is 1. The van der Waals surface area contributed by atoms with Crippen molar-refractivity contribution in [1.82, 2.24) is 4.90 Å². The van der Waals surface area contributed by atoms with E-state index in [2.05, 4.69) is 43.1 Å². The average molecular weight is 1180 g/mol. The van der Waals surface area contributed by atoms with Crippen molar-refractivity contribution in [2.75, 3.05) is 14.2 Å². The maximum absolute atomic E-state index is 14.3. The number of ether oxygens (including phenoxy) is 4. The molecule has 14 atom stereocenters. The van der Waals surface area contributed by atoms with Gasteiger partial charge in [-0.1, -0.05) is 57.5 Å². The number of nitrogens with zero attached hydrogens (tertiary/aromatic N) is 1. The Morgan fingerprint density at radius 2 is 1.52 bits per heavy atom. The second kappa shape index (κ2) is 21.1. The first-order valence-electron chi connectivity index (χ1n) is 17.9. The van der Waals surface area contributed by atoms with Crippen molar-refractivity contribution in [2.45, 2.75) is 148 Å². The molecule has 11 nitrogen and oxygen atoms in total. The maximum Gasteiger partial charge on any atom is 0.311 e. The Kier molecular flexibility index (Phi) is 19.2. The summed E-state index contributed by atoms with van der Waals surface area (Å²) in [7, 11) is 3.72. The molecule has 1 aromatic carbocycles. The fraction of sp³-hybridized carbons (Fsp3) is 0.784. The zero-order chi connectivity index (χ0) is 39.1. The number of halogens is 4. The third-order valence-corrected chi connectivity index (χ3v) is 14.0. The molecule has 2 aliphatic heterocycles. The number of aryl methyl sites for hydroxylation is 1. The minimum Gasteiger partial charge on any atom is -0.459 e. The first kappa shape index (κ1) is 47.3. The molecule has 298 valence electrons. The monoisotopic (exact) mass is 1180 g/mol. The minimum absolute atomic E-state index is 0.0295. The molecular weight excluding hydrogens is 1130 g/mol. The lowest BCUT2D eigenvalue weighted by molar-refractivity contribution is -0.293. The molecular formula is C37H57I4NO10. The first-order valence-corrected chi connectivity index (χ1v) is 21.5. The number of esters is 1. The largest absolute Gasteiger partial charge is 0.459 e. The molecule has 0 bridgehead atoms. The van der Waals surface area contributed by atoms with Gasteiger partial charge in [-0.3, -0.25) is 14.5 Å². The van der Waals surface area contributed by atoms with Gasteiger partial charge in [0.1, 0.15) is 122 Å². The van der Waals surface area contributed by atoms with E-state index in [4.69, 9.17) is 31.2 Å². The van der Waals surface area contributed by atoms with Crippen LogP contribution in [0.3, 0.4) is 0 Å². The lowest BCUT2D eigenvalue weighted by Gasteiger charge is -2.49. The highest BCUT2D eigenvalue weighted by molar-refractivity contribution is 14.1. The van der Waals surface area contributed by atoms with E-state index in [9.17, 15) is 9.59 Å². The lowest BCUT2D eigenvalue weighted by atomic mass is 9.74. The van der Waals surface area contributed by atoms with Crippen LogP contribution in [0.1, 0.15) is 85.8 Å². The van der Waals surface area contributed by atoms with Crippen LogP contribution in [0.4, 0.5) is 0 Å². The molecule has 0 aromatic heterocycles. The van der Waals surface area contributed by atoms with E-state index in [1.54, 1.807) is 14.0 Å². The van der Waals surface area contributed by atoms with Crippen LogP contribution in [0.15, 0.2) is 24.3 Å². The summed E-state index contributed by atoms with van der Waals surface area (Å²) in [5, 5.41) is 0. The molecule has 2 heterocycles. The van der Waals surface area contributed by atoms with Crippen molar-refractivity contribution in [1.29, 1.82) is 0 Å². The molecule has 2 unspecified atom stereocenters. The summed E-state index contributed by atoms with van der Waals surface area (Å²) in [6.45, 7) is 18.1. The topological polar surface area (TPSA) is 111 Å². The average Bonchev–Trinajstić information content (AvgIpc) is 3.12. The van der Waals surface area contributed by atoms with Gasteiger partial charge in [-0.25, -0.2) is 0 Å². The number of benzene rings is 1. The lowest BCUT2D eigenvalue weighted by Crippen LogP contribution is -2.60. The second-order valence-corrected chi connectivity index (χ2v) is 17.2. The quantitative estimate of drug-likeness (QED) is 0.157. The van der Waals surface area contributed by atoms with E-state index in [-0.39, 0.29) is 17.9 Å². The minimum atomic E-state index is -1.13. The van der Waals surface area contributed by atoms with Crippen LogP contribution in [0.25, 0.3) is 0 Å². The van der Waals surface area contributed by atoms with Crippen molar-refractivity contribution in [3.8, 4) is 0 Å². The van der Waals surface area contributed by atoms with Crippen LogP contribution in [0.2, 0.25) is 0 Å². The highest BCUT2D eigenvalue weighted by Gasteiger charge is 2.54. The van der Waals surface area contributed by atoms with Crippen LogP contribution in [0.5, 0.6) is 0 Å². The molecule has 0 saturated carbocycles. The number of hydrogen-bond acceptors (Lipinski definition) is 11. The Morgan fingerprint density at radius 1 is 0.904 bits per heavy atom. The number of carbonyl (C=O) groups is 2. The number of hydrogen-bond donors (Lipinski definition) is 0.